The smallest absolute Gasteiger partial charge is 0.119 e. The van der Waals surface area contributed by atoms with Gasteiger partial charge in [0.15, 0.2) is 0 Å². The van der Waals surface area contributed by atoms with E-state index in [9.17, 15) is 10.5 Å². The van der Waals surface area contributed by atoms with Crippen LogP contribution in [-0.2, 0) is 0 Å². The molecule has 0 N–H and O–H groups in total. The average molecular weight is 711 g/mol. The summed E-state index contributed by atoms with van der Waals surface area (Å²) in [4.78, 5) is 4.41. The van der Waals surface area contributed by atoms with E-state index in [0.717, 1.165) is 51.0 Å². The molecule has 0 heterocycles. The molecular weight excluding hydrogens is 673 g/mol. The number of benzene rings is 7. The summed E-state index contributed by atoms with van der Waals surface area (Å²) in [7, 11) is 1.66. The third-order valence-corrected chi connectivity index (χ3v) is 9.33. The quantitative estimate of drug-likeness (QED) is 0.125. The molecule has 0 bridgehead atoms. The Morgan fingerprint density at radius 2 is 0.782 bits per heavy atom. The van der Waals surface area contributed by atoms with Crippen molar-refractivity contribution >= 4 is 58.4 Å². The van der Waals surface area contributed by atoms with Gasteiger partial charge in [-0.2, -0.15) is 10.5 Å². The highest BCUT2D eigenvalue weighted by molar-refractivity contribution is 5.82. The molecule has 0 saturated heterocycles. The molecule has 0 amide bonds. The molecule has 5 heteroatoms. The summed E-state index contributed by atoms with van der Waals surface area (Å²) in [6.07, 6.45) is 7.73. The zero-order valence-electron chi connectivity index (χ0n) is 30.7. The third-order valence-electron chi connectivity index (χ3n) is 9.33. The molecule has 7 rings (SSSR count). The van der Waals surface area contributed by atoms with Gasteiger partial charge in [0.1, 0.15) is 5.75 Å². The number of para-hydroxylation sites is 2. The Bertz CT molecular complexity index is 2510. The molecule has 0 fully saturated rings. The van der Waals surface area contributed by atoms with Crippen LogP contribution in [0.1, 0.15) is 38.9 Å². The molecule has 0 unspecified atom stereocenters. The van der Waals surface area contributed by atoms with Crippen LogP contribution >= 0.6 is 0 Å². The van der Waals surface area contributed by atoms with Crippen molar-refractivity contribution in [1.29, 1.82) is 10.5 Å². The van der Waals surface area contributed by atoms with Crippen molar-refractivity contribution in [3.63, 3.8) is 0 Å². The predicted molar refractivity (Wildman–Crippen MR) is 227 cm³/mol. The molecule has 0 aliphatic heterocycles. The lowest BCUT2D eigenvalue weighted by Crippen LogP contribution is -2.09. The van der Waals surface area contributed by atoms with E-state index >= 15 is 0 Å². The maximum absolute atomic E-state index is 10.1. The number of hydrogen-bond acceptors (Lipinski definition) is 5. The summed E-state index contributed by atoms with van der Waals surface area (Å²) < 4.78 is 5.37. The van der Waals surface area contributed by atoms with Gasteiger partial charge in [0.05, 0.1) is 30.4 Å². The molecule has 0 saturated carbocycles. The van der Waals surface area contributed by atoms with Crippen LogP contribution in [0.4, 0.5) is 34.1 Å². The van der Waals surface area contributed by atoms with Crippen molar-refractivity contribution < 1.29 is 4.74 Å². The van der Waals surface area contributed by atoms with E-state index in [1.807, 2.05) is 97.1 Å². The summed E-state index contributed by atoms with van der Waals surface area (Å²) in [6.45, 7) is 2.09. The van der Waals surface area contributed by atoms with E-state index in [1.54, 1.807) is 19.2 Å². The van der Waals surface area contributed by atoms with Gasteiger partial charge in [-0.25, -0.2) is 0 Å². The van der Waals surface area contributed by atoms with Gasteiger partial charge in [-0.15, -0.1) is 0 Å². The Balaban J connectivity index is 1.10. The normalized spacial score (nSPS) is 10.9. The van der Waals surface area contributed by atoms with Crippen LogP contribution in [0.25, 0.3) is 24.3 Å². The summed E-state index contributed by atoms with van der Waals surface area (Å²) in [5.41, 5.74) is 11.8. The second-order valence-electron chi connectivity index (χ2n) is 13.0. The molecular formula is C50H38N4O. The molecule has 0 aliphatic carbocycles. The van der Waals surface area contributed by atoms with Gasteiger partial charge in [-0.1, -0.05) is 103 Å². The number of methoxy groups -OCH3 is 1. The Morgan fingerprint density at radius 1 is 0.436 bits per heavy atom. The Labute approximate surface area is 323 Å². The molecule has 5 nitrogen and oxygen atoms in total. The summed E-state index contributed by atoms with van der Waals surface area (Å²) >= 11 is 0. The van der Waals surface area contributed by atoms with Crippen molar-refractivity contribution in [2.45, 2.75) is 6.92 Å². The van der Waals surface area contributed by atoms with Crippen molar-refractivity contribution in [1.82, 2.24) is 0 Å². The first-order valence-electron chi connectivity index (χ1n) is 18.0. The molecule has 264 valence electrons. The van der Waals surface area contributed by atoms with Gasteiger partial charge in [-0.3, -0.25) is 0 Å². The van der Waals surface area contributed by atoms with E-state index in [0.29, 0.717) is 22.3 Å². The van der Waals surface area contributed by atoms with E-state index in [2.05, 4.69) is 114 Å². The molecule has 55 heavy (non-hydrogen) atoms. The van der Waals surface area contributed by atoms with Crippen LogP contribution in [0, 0.1) is 29.6 Å². The van der Waals surface area contributed by atoms with E-state index in [-0.39, 0.29) is 0 Å². The van der Waals surface area contributed by atoms with Crippen LogP contribution in [0.5, 0.6) is 5.75 Å². The van der Waals surface area contributed by atoms with E-state index in [4.69, 9.17) is 4.74 Å². The highest BCUT2D eigenvalue weighted by Crippen LogP contribution is 2.36. The van der Waals surface area contributed by atoms with Crippen molar-refractivity contribution in [3.05, 3.63) is 209 Å². The fourth-order valence-electron chi connectivity index (χ4n) is 6.42. The Hall–Kier alpha value is -7.60. The summed E-state index contributed by atoms with van der Waals surface area (Å²) in [5.74, 6) is 0.799. The molecule has 0 aliphatic rings. The third kappa shape index (κ3) is 8.39. The van der Waals surface area contributed by atoms with Crippen molar-refractivity contribution in [2.75, 3.05) is 16.9 Å². The van der Waals surface area contributed by atoms with Crippen molar-refractivity contribution in [3.8, 4) is 17.9 Å². The predicted octanol–water partition coefficient (Wildman–Crippen LogP) is 13.0. The zero-order chi connectivity index (χ0) is 38.0. The molecule has 7 aromatic rings. The lowest BCUT2D eigenvalue weighted by molar-refractivity contribution is 0.415. The van der Waals surface area contributed by atoms with Crippen LogP contribution in [-0.4, -0.2) is 7.11 Å². The van der Waals surface area contributed by atoms with Gasteiger partial charge in [0.2, 0.25) is 0 Å². The molecule has 0 atom stereocenters. The van der Waals surface area contributed by atoms with Crippen LogP contribution in [0.2, 0.25) is 0 Å². The monoisotopic (exact) mass is 710 g/mol. The topological polar surface area (TPSA) is 63.3 Å². The zero-order valence-corrected chi connectivity index (χ0v) is 30.7. The Morgan fingerprint density at radius 3 is 1.15 bits per heavy atom. The van der Waals surface area contributed by atoms with Gasteiger partial charge in [0, 0.05) is 34.1 Å². The first-order chi connectivity index (χ1) is 27.0. The lowest BCUT2D eigenvalue weighted by atomic mass is 9.97. The number of rotatable bonds is 11. The summed E-state index contributed by atoms with van der Waals surface area (Å²) in [5, 5.41) is 20.2. The lowest BCUT2D eigenvalue weighted by Gasteiger charge is -2.25. The number of nitrogens with zero attached hydrogens (tertiary/aromatic N) is 4. The first-order valence-corrected chi connectivity index (χ1v) is 18.0. The van der Waals surface area contributed by atoms with Crippen LogP contribution < -0.4 is 14.5 Å². The maximum atomic E-state index is 10.1. The van der Waals surface area contributed by atoms with Gasteiger partial charge < -0.3 is 14.5 Å². The minimum atomic E-state index is 0.494. The van der Waals surface area contributed by atoms with E-state index < -0.39 is 0 Å². The summed E-state index contributed by atoms with van der Waals surface area (Å²) in [6, 6.07) is 61.8. The maximum Gasteiger partial charge on any atom is 0.119 e. The second-order valence-corrected chi connectivity index (χ2v) is 13.0. The van der Waals surface area contributed by atoms with Crippen LogP contribution in [0.3, 0.4) is 0 Å². The second kappa shape index (κ2) is 16.8. The SMILES string of the molecule is COc1ccc(N(c2ccccc2)c2ccc(/C=C/c3cc(C#N)c(/C=C\c4ccc(N(c5ccccc5)c5ccc(C)cc5)cc4)cc3C#N)cc2)cc1. The fourth-order valence-corrected chi connectivity index (χ4v) is 6.42. The fraction of sp³-hybridized carbons (Fsp3) is 0.0400. The number of aryl methyl sites for hydroxylation is 1. The molecule has 0 aromatic heterocycles. The molecule has 7 aromatic carbocycles. The standard InChI is InChI=1S/C50H38N4O/c1-37-13-23-46(24-14-37)53(44-9-5-3-6-10-44)47-25-17-38(18-26-47)15-21-40-33-43(36-52)41(34-42(40)35-51)22-16-39-19-27-48(28-20-39)54(45-11-7-4-8-12-45)49-29-31-50(55-2)32-30-49/h3-34H,1-2H3/b21-15-,22-16+. The van der Waals surface area contributed by atoms with Gasteiger partial charge in [0.25, 0.3) is 0 Å². The highest BCUT2D eigenvalue weighted by Gasteiger charge is 2.14. The number of anilines is 6. The molecule has 0 spiro atoms. The minimum Gasteiger partial charge on any atom is -0.497 e. The largest absolute Gasteiger partial charge is 0.497 e. The number of hydrogen-bond donors (Lipinski definition) is 0. The average Bonchev–Trinajstić information content (AvgIpc) is 3.25. The van der Waals surface area contributed by atoms with E-state index in [1.165, 1.54) is 5.56 Å². The number of ether oxygens (including phenoxy) is 1. The number of nitriles is 2. The van der Waals surface area contributed by atoms with Crippen LogP contribution in [0.15, 0.2) is 170 Å². The highest BCUT2D eigenvalue weighted by atomic mass is 16.5. The minimum absolute atomic E-state index is 0.494. The van der Waals surface area contributed by atoms with Gasteiger partial charge in [-0.05, 0) is 126 Å². The van der Waals surface area contributed by atoms with Crippen molar-refractivity contribution in [2.24, 2.45) is 0 Å². The first kappa shape index (κ1) is 35.8. The van der Waals surface area contributed by atoms with Gasteiger partial charge >= 0.3 is 0 Å². The Kier molecular flexibility index (Phi) is 10.9. The molecule has 0 radical (unpaired) electrons.